The molecule has 1 N–H and O–H groups in total. The third kappa shape index (κ3) is 8.98. The largest absolute Gasteiger partial charge is 0.352 e. The summed E-state index contributed by atoms with van der Waals surface area (Å²) in [5.41, 5.74) is 2.85. The Morgan fingerprint density at radius 2 is 1.55 bits per heavy atom. The normalized spacial score (nSPS) is 12.8. The van der Waals surface area contributed by atoms with Crippen LogP contribution in [0.2, 0.25) is 10.0 Å². The lowest BCUT2D eigenvalue weighted by atomic mass is 10.0. The molecule has 0 aliphatic carbocycles. The summed E-state index contributed by atoms with van der Waals surface area (Å²) in [6.45, 7) is 5.38. The Balaban J connectivity index is 2.08. The lowest BCUT2D eigenvalue weighted by Crippen LogP contribution is -2.54. The highest BCUT2D eigenvalue weighted by atomic mass is 35.5. The van der Waals surface area contributed by atoms with Gasteiger partial charge in [-0.05, 0) is 49.6 Å². The van der Waals surface area contributed by atoms with Crippen molar-refractivity contribution in [3.05, 3.63) is 99.5 Å². The number of nitrogens with one attached hydrogen (secondary N) is 1. The molecule has 214 valence electrons. The van der Waals surface area contributed by atoms with Crippen LogP contribution < -0.4 is 9.62 Å². The van der Waals surface area contributed by atoms with Gasteiger partial charge in [-0.15, -0.1) is 0 Å². The van der Waals surface area contributed by atoms with E-state index in [0.29, 0.717) is 6.42 Å². The van der Waals surface area contributed by atoms with Crippen LogP contribution in [-0.4, -0.2) is 50.0 Å². The first kappa shape index (κ1) is 31.5. The average molecular weight is 605 g/mol. The van der Waals surface area contributed by atoms with Crippen LogP contribution in [0.5, 0.6) is 0 Å². The van der Waals surface area contributed by atoms with Crippen molar-refractivity contribution in [2.24, 2.45) is 0 Å². The second kappa shape index (κ2) is 14.0. The number of rotatable bonds is 12. The minimum Gasteiger partial charge on any atom is -0.352 e. The second-order valence-electron chi connectivity index (χ2n) is 9.93. The van der Waals surface area contributed by atoms with Crippen LogP contribution in [0.25, 0.3) is 0 Å². The summed E-state index contributed by atoms with van der Waals surface area (Å²) in [7, 11) is -3.92. The molecule has 2 atom stereocenters. The van der Waals surface area contributed by atoms with Gasteiger partial charge in [-0.2, -0.15) is 0 Å². The molecule has 2 amide bonds. The van der Waals surface area contributed by atoms with E-state index in [9.17, 15) is 18.0 Å². The predicted octanol–water partition coefficient (Wildman–Crippen LogP) is 5.62. The van der Waals surface area contributed by atoms with Crippen LogP contribution in [0.15, 0.2) is 72.8 Å². The molecule has 3 rings (SSSR count). The highest BCUT2D eigenvalue weighted by Crippen LogP contribution is 2.27. The minimum absolute atomic E-state index is 0.109. The molecule has 3 aromatic rings. The molecule has 40 heavy (non-hydrogen) atoms. The maximum atomic E-state index is 14.1. The molecule has 0 bridgehead atoms. The van der Waals surface area contributed by atoms with Gasteiger partial charge in [-0.25, -0.2) is 8.42 Å². The molecule has 3 aromatic carbocycles. The number of benzene rings is 3. The van der Waals surface area contributed by atoms with Crippen LogP contribution in [0, 0.1) is 6.92 Å². The van der Waals surface area contributed by atoms with Crippen LogP contribution in [-0.2, 0) is 32.6 Å². The van der Waals surface area contributed by atoms with Gasteiger partial charge in [-0.1, -0.05) is 90.3 Å². The topological polar surface area (TPSA) is 86.8 Å². The van der Waals surface area contributed by atoms with E-state index in [4.69, 9.17) is 23.2 Å². The zero-order valence-corrected chi connectivity index (χ0v) is 25.4. The Bertz CT molecular complexity index is 1410. The molecule has 0 fully saturated rings. The number of hydrogen-bond acceptors (Lipinski definition) is 4. The molecule has 0 aliphatic rings. The maximum Gasteiger partial charge on any atom is 0.244 e. The van der Waals surface area contributed by atoms with Crippen molar-refractivity contribution >= 4 is 50.7 Å². The van der Waals surface area contributed by atoms with Gasteiger partial charge in [0.05, 0.1) is 11.9 Å². The van der Waals surface area contributed by atoms with E-state index in [2.05, 4.69) is 5.32 Å². The summed E-state index contributed by atoms with van der Waals surface area (Å²) in [5, 5.41) is 3.48. The monoisotopic (exact) mass is 603 g/mol. The molecule has 10 heteroatoms. The van der Waals surface area contributed by atoms with E-state index in [-0.39, 0.29) is 40.6 Å². The Labute approximate surface area is 247 Å². The number of halogens is 2. The van der Waals surface area contributed by atoms with Gasteiger partial charge in [0.2, 0.25) is 21.8 Å². The summed E-state index contributed by atoms with van der Waals surface area (Å²) < 4.78 is 26.7. The quantitative estimate of drug-likeness (QED) is 0.291. The first-order chi connectivity index (χ1) is 18.9. The van der Waals surface area contributed by atoms with Crippen LogP contribution in [0.4, 0.5) is 5.69 Å². The molecular formula is C30H35Cl2N3O4S. The third-order valence-corrected chi connectivity index (χ3v) is 8.10. The summed E-state index contributed by atoms with van der Waals surface area (Å²) in [6.07, 6.45) is 1.98. The molecule has 7 nitrogen and oxygen atoms in total. The zero-order chi connectivity index (χ0) is 29.4. The molecule has 0 aliphatic heterocycles. The number of carbonyl (C=O) groups is 2. The number of hydrogen-bond donors (Lipinski definition) is 1. The summed E-state index contributed by atoms with van der Waals surface area (Å²) in [6, 6.07) is 20.4. The third-order valence-electron chi connectivity index (χ3n) is 6.52. The van der Waals surface area contributed by atoms with Gasteiger partial charge in [0.1, 0.15) is 12.6 Å². The fraction of sp³-hybridized carbons (Fsp3) is 0.333. The smallest absolute Gasteiger partial charge is 0.244 e. The van der Waals surface area contributed by atoms with Crippen molar-refractivity contribution in [2.45, 2.75) is 52.2 Å². The van der Waals surface area contributed by atoms with Gasteiger partial charge < -0.3 is 10.2 Å². The van der Waals surface area contributed by atoms with Crippen LogP contribution >= 0.6 is 23.2 Å². The van der Waals surface area contributed by atoms with E-state index in [1.807, 2.05) is 75.4 Å². The average Bonchev–Trinajstić information content (AvgIpc) is 2.88. The Morgan fingerprint density at radius 3 is 2.12 bits per heavy atom. The van der Waals surface area contributed by atoms with Crippen molar-refractivity contribution < 1.29 is 18.0 Å². The van der Waals surface area contributed by atoms with E-state index < -0.39 is 28.5 Å². The minimum atomic E-state index is -3.92. The predicted molar refractivity (Wildman–Crippen MR) is 162 cm³/mol. The summed E-state index contributed by atoms with van der Waals surface area (Å²) in [4.78, 5) is 29.3. The van der Waals surface area contributed by atoms with Gasteiger partial charge >= 0.3 is 0 Å². The van der Waals surface area contributed by atoms with E-state index >= 15 is 0 Å². The summed E-state index contributed by atoms with van der Waals surface area (Å²) in [5.74, 6) is -0.848. The molecular weight excluding hydrogens is 569 g/mol. The number of anilines is 1. The van der Waals surface area contributed by atoms with Gasteiger partial charge in [-0.3, -0.25) is 13.9 Å². The highest BCUT2D eigenvalue weighted by molar-refractivity contribution is 7.92. The van der Waals surface area contributed by atoms with E-state index in [1.54, 1.807) is 0 Å². The number of amides is 2. The molecule has 0 aromatic heterocycles. The second-order valence-corrected chi connectivity index (χ2v) is 12.7. The molecule has 0 saturated carbocycles. The Kier molecular flexibility index (Phi) is 11.0. The number of sulfonamides is 1. The highest BCUT2D eigenvalue weighted by Gasteiger charge is 2.33. The van der Waals surface area contributed by atoms with Crippen LogP contribution in [0.1, 0.15) is 37.0 Å². The molecule has 0 unspecified atom stereocenters. The standard InChI is InChI=1S/C30H35Cl2N3O4S/c1-5-22(3)33-30(37)28(15-23-11-7-6-8-12-23)34(19-24-13-9-10-21(2)14-24)29(36)20-35(40(4,38)39)27-17-25(31)16-26(32)18-27/h6-14,16-18,22,28H,5,15,19-20H2,1-4H3,(H,33,37)/t22-,28+/m1/s1. The van der Waals surface area contributed by atoms with Gasteiger partial charge in [0.25, 0.3) is 0 Å². The van der Waals surface area contributed by atoms with E-state index in [1.165, 1.54) is 23.1 Å². The Morgan fingerprint density at radius 1 is 0.925 bits per heavy atom. The van der Waals surface area contributed by atoms with Crippen molar-refractivity contribution in [2.75, 3.05) is 17.1 Å². The molecule has 0 heterocycles. The summed E-state index contributed by atoms with van der Waals surface area (Å²) >= 11 is 12.3. The van der Waals surface area contributed by atoms with E-state index in [0.717, 1.165) is 27.3 Å². The Hall–Kier alpha value is -3.07. The fourth-order valence-corrected chi connectivity index (χ4v) is 5.65. The fourth-order valence-electron chi connectivity index (χ4n) is 4.30. The van der Waals surface area contributed by atoms with Gasteiger partial charge in [0.15, 0.2) is 0 Å². The lowest BCUT2D eigenvalue weighted by molar-refractivity contribution is -0.140. The maximum absolute atomic E-state index is 14.1. The number of nitrogens with zero attached hydrogens (tertiary/aromatic N) is 2. The zero-order valence-electron chi connectivity index (χ0n) is 23.1. The molecule has 0 radical (unpaired) electrons. The van der Waals surface area contributed by atoms with Crippen molar-refractivity contribution in [1.29, 1.82) is 0 Å². The lowest BCUT2D eigenvalue weighted by Gasteiger charge is -2.34. The van der Waals surface area contributed by atoms with Crippen molar-refractivity contribution in [3.63, 3.8) is 0 Å². The molecule has 0 spiro atoms. The number of carbonyl (C=O) groups excluding carboxylic acids is 2. The first-order valence-corrected chi connectivity index (χ1v) is 15.6. The van der Waals surface area contributed by atoms with Crippen LogP contribution in [0.3, 0.4) is 0 Å². The van der Waals surface area contributed by atoms with Crippen molar-refractivity contribution in [3.8, 4) is 0 Å². The molecule has 0 saturated heterocycles. The SMILES string of the molecule is CC[C@@H](C)NC(=O)[C@H](Cc1ccccc1)N(Cc1cccc(C)c1)C(=O)CN(c1cc(Cl)cc(Cl)c1)S(C)(=O)=O. The van der Waals surface area contributed by atoms with Gasteiger partial charge in [0, 0.05) is 29.1 Å². The first-order valence-electron chi connectivity index (χ1n) is 13.0. The van der Waals surface area contributed by atoms with Crippen molar-refractivity contribution in [1.82, 2.24) is 10.2 Å². The number of aryl methyl sites for hydroxylation is 1.